The maximum atomic E-state index is 10.6. The fourth-order valence-electron chi connectivity index (χ4n) is 0.776. The number of hydrogen-bond acceptors (Lipinski definition) is 2. The van der Waals surface area contributed by atoms with E-state index in [9.17, 15) is 4.79 Å². The first-order chi connectivity index (χ1) is 5.66. The molecule has 0 saturated carbocycles. The highest BCUT2D eigenvalue weighted by Crippen LogP contribution is 2.27. The molecule has 0 heterocycles. The molecule has 0 atom stereocenters. The maximum Gasteiger partial charge on any atom is 0.341 e. The molecule has 0 radical (unpaired) electrons. The minimum atomic E-state index is -1.12. The zero-order valence-electron chi connectivity index (χ0n) is 5.75. The molecule has 0 amide bonds. The van der Waals surface area contributed by atoms with Crippen molar-refractivity contribution < 1.29 is 13.7 Å². The molecule has 0 spiro atoms. The van der Waals surface area contributed by atoms with E-state index < -0.39 is 5.97 Å². The molecule has 3 nitrogen and oxygen atoms in total. The number of carboxylic acid groups (broad SMARTS) is 1. The molecule has 5 heteroatoms. The summed E-state index contributed by atoms with van der Waals surface area (Å²) in [5.41, 5.74) is -0.0453. The van der Waals surface area contributed by atoms with Gasteiger partial charge in [0, 0.05) is 0 Å². The zero-order valence-corrected chi connectivity index (χ0v) is 8.09. The number of carboxylic acids is 1. The second-order valence-corrected chi connectivity index (χ2v) is 2.73. The van der Waals surface area contributed by atoms with E-state index in [2.05, 4.69) is 20.1 Å². The van der Waals surface area contributed by atoms with Crippen LogP contribution >= 0.6 is 27.9 Å². The lowest BCUT2D eigenvalue weighted by Gasteiger charge is -2.02. The Morgan fingerprint density at radius 3 is 2.67 bits per heavy atom. The number of rotatable bonds is 2. The predicted molar refractivity (Wildman–Crippen MR) is 48.0 cm³/mol. The summed E-state index contributed by atoms with van der Waals surface area (Å²) in [5, 5.41) is 8.84. The first-order valence-corrected chi connectivity index (χ1v) is 3.99. The van der Waals surface area contributed by atoms with Crippen molar-refractivity contribution in [3.63, 3.8) is 0 Å². The monoisotopic (exact) mass is 250 g/mol. The lowest BCUT2D eigenvalue weighted by Crippen LogP contribution is -1.99. The van der Waals surface area contributed by atoms with Crippen molar-refractivity contribution in [2.24, 2.45) is 0 Å². The van der Waals surface area contributed by atoms with E-state index in [1.807, 2.05) is 0 Å². The number of aromatic carboxylic acids is 1. The van der Waals surface area contributed by atoms with Gasteiger partial charge in [-0.2, -0.15) is 0 Å². The first kappa shape index (κ1) is 9.35. The Bertz CT molecular complexity index is 314. The van der Waals surface area contributed by atoms with Gasteiger partial charge in [-0.15, -0.1) is 0 Å². The van der Waals surface area contributed by atoms with E-state index in [4.69, 9.17) is 16.7 Å². The molecular weight excluding hydrogens is 247 g/mol. The van der Waals surface area contributed by atoms with Crippen molar-refractivity contribution in [3.05, 3.63) is 28.8 Å². The van der Waals surface area contributed by atoms with Gasteiger partial charge < -0.3 is 8.93 Å². The van der Waals surface area contributed by atoms with Crippen LogP contribution in [0.5, 0.6) is 5.75 Å². The van der Waals surface area contributed by atoms with Gasteiger partial charge in [0.05, 0.1) is 5.02 Å². The minimum Gasteiger partial charge on any atom is -0.478 e. The molecule has 1 aromatic rings. The quantitative estimate of drug-likeness (QED) is 0.879. The lowest BCUT2D eigenvalue weighted by molar-refractivity contribution is 0.0695. The molecule has 1 N–H and O–H groups in total. The van der Waals surface area contributed by atoms with Crippen LogP contribution in [-0.2, 0) is 0 Å². The molecule has 0 saturated heterocycles. The molecule has 64 valence electrons. The van der Waals surface area contributed by atoms with E-state index >= 15 is 0 Å². The Kier molecular flexibility index (Phi) is 2.94. The van der Waals surface area contributed by atoms with Gasteiger partial charge in [-0.05, 0) is 12.1 Å². The van der Waals surface area contributed by atoms with E-state index in [1.165, 1.54) is 12.1 Å². The van der Waals surface area contributed by atoms with Gasteiger partial charge in [0.2, 0.25) is 0 Å². The van der Waals surface area contributed by atoms with E-state index in [0.29, 0.717) is 0 Å². The molecule has 1 rings (SSSR count). The molecule has 0 bridgehead atoms. The van der Waals surface area contributed by atoms with Crippen LogP contribution in [0.4, 0.5) is 0 Å². The number of halogens is 2. The van der Waals surface area contributed by atoms with E-state index in [-0.39, 0.29) is 16.3 Å². The first-order valence-electron chi connectivity index (χ1n) is 2.97. The third kappa shape index (κ3) is 1.70. The van der Waals surface area contributed by atoms with Gasteiger partial charge >= 0.3 is 5.97 Å². The van der Waals surface area contributed by atoms with Gasteiger partial charge in [-0.1, -0.05) is 17.7 Å². The summed E-state index contributed by atoms with van der Waals surface area (Å²) in [6, 6.07) is 4.59. The van der Waals surface area contributed by atoms with Crippen LogP contribution in [0.15, 0.2) is 18.2 Å². The zero-order chi connectivity index (χ0) is 9.14. The van der Waals surface area contributed by atoms with Gasteiger partial charge in [-0.25, -0.2) is 4.79 Å². The Morgan fingerprint density at radius 2 is 2.25 bits per heavy atom. The molecule has 0 aliphatic carbocycles. The summed E-state index contributed by atoms with van der Waals surface area (Å²) in [5.74, 6) is -0.926. The third-order valence-electron chi connectivity index (χ3n) is 1.27. The standard InChI is InChI=1S/C7H4BrClO3/c8-12-5-3-1-2-4(9)6(5)7(10)11/h1-3H,(H,10,11). The van der Waals surface area contributed by atoms with Crippen LogP contribution in [0.3, 0.4) is 0 Å². The van der Waals surface area contributed by atoms with E-state index in [0.717, 1.165) is 0 Å². The summed E-state index contributed by atoms with van der Waals surface area (Å²) < 4.78 is 4.63. The summed E-state index contributed by atoms with van der Waals surface area (Å²) in [4.78, 5) is 10.6. The van der Waals surface area contributed by atoms with Crippen molar-refractivity contribution in [3.8, 4) is 5.75 Å². The van der Waals surface area contributed by atoms with Crippen LogP contribution in [-0.4, -0.2) is 11.1 Å². The maximum absolute atomic E-state index is 10.6. The van der Waals surface area contributed by atoms with Crippen LogP contribution < -0.4 is 3.83 Å². The highest BCUT2D eigenvalue weighted by Gasteiger charge is 2.14. The Balaban J connectivity index is 3.29. The highest BCUT2D eigenvalue weighted by molar-refractivity contribution is 9.06. The molecule has 12 heavy (non-hydrogen) atoms. The van der Waals surface area contributed by atoms with Gasteiger partial charge in [0.1, 0.15) is 5.56 Å². The second-order valence-electron chi connectivity index (χ2n) is 2.00. The normalized spacial score (nSPS) is 9.50. The van der Waals surface area contributed by atoms with Crippen LogP contribution in [0.25, 0.3) is 0 Å². The summed E-state index contributed by atoms with van der Waals surface area (Å²) in [6.07, 6.45) is 0. The van der Waals surface area contributed by atoms with Crippen molar-refractivity contribution in [1.82, 2.24) is 0 Å². The smallest absolute Gasteiger partial charge is 0.341 e. The topological polar surface area (TPSA) is 46.5 Å². The predicted octanol–water partition coefficient (Wildman–Crippen LogP) is 2.73. The van der Waals surface area contributed by atoms with Crippen molar-refractivity contribution in [2.75, 3.05) is 0 Å². The molecule has 0 aliphatic heterocycles. The summed E-state index contributed by atoms with van der Waals surface area (Å²) in [7, 11) is 0. The number of benzene rings is 1. The molecule has 0 aliphatic rings. The Labute approximate surface area is 82.4 Å². The highest BCUT2D eigenvalue weighted by atomic mass is 79.9. The minimum absolute atomic E-state index is 0.0453. The molecular formula is C7H4BrClO3. The van der Waals surface area contributed by atoms with Crippen LogP contribution in [0.1, 0.15) is 10.4 Å². The van der Waals surface area contributed by atoms with Gasteiger partial charge in [0.15, 0.2) is 22.0 Å². The largest absolute Gasteiger partial charge is 0.478 e. The van der Waals surface area contributed by atoms with E-state index in [1.54, 1.807) is 6.07 Å². The number of hydrogen-bond donors (Lipinski definition) is 1. The third-order valence-corrected chi connectivity index (χ3v) is 1.94. The fraction of sp³-hybridized carbons (Fsp3) is 0. The molecule has 1 aromatic carbocycles. The van der Waals surface area contributed by atoms with Gasteiger partial charge in [0.25, 0.3) is 0 Å². The summed E-state index contributed by atoms with van der Waals surface area (Å²) in [6.45, 7) is 0. The molecule has 0 aromatic heterocycles. The van der Waals surface area contributed by atoms with Crippen molar-refractivity contribution in [1.29, 1.82) is 0 Å². The number of carbonyl (C=O) groups is 1. The van der Waals surface area contributed by atoms with Crippen LogP contribution in [0, 0.1) is 0 Å². The van der Waals surface area contributed by atoms with Crippen molar-refractivity contribution in [2.45, 2.75) is 0 Å². The fourth-order valence-corrected chi connectivity index (χ4v) is 1.29. The average Bonchev–Trinajstić information content (AvgIpc) is 2.03. The second kappa shape index (κ2) is 3.78. The SMILES string of the molecule is O=C(O)c1c(Cl)cccc1OBr. The van der Waals surface area contributed by atoms with Crippen LogP contribution in [0.2, 0.25) is 5.02 Å². The molecule has 0 unspecified atom stereocenters. The van der Waals surface area contributed by atoms with Crippen molar-refractivity contribution >= 4 is 33.8 Å². The Hall–Kier alpha value is -0.740. The molecule has 0 fully saturated rings. The van der Waals surface area contributed by atoms with Gasteiger partial charge in [-0.3, -0.25) is 0 Å². The summed E-state index contributed by atoms with van der Waals surface area (Å²) >= 11 is 8.31. The lowest BCUT2D eigenvalue weighted by atomic mass is 10.2. The average molecular weight is 251 g/mol. The Morgan fingerprint density at radius 1 is 1.58 bits per heavy atom.